The molecule has 0 amide bonds. The van der Waals surface area contributed by atoms with Gasteiger partial charge in [-0.05, 0) is 45.4 Å². The number of aromatic nitrogens is 4. The predicted octanol–water partition coefficient (Wildman–Crippen LogP) is 7.48. The third-order valence-corrected chi connectivity index (χ3v) is 6.88. The Hall–Kier alpha value is -4.03. The number of anilines is 2. The third-order valence-electron chi connectivity index (χ3n) is 6.41. The first-order valence-corrected chi connectivity index (χ1v) is 14.9. The van der Waals surface area contributed by atoms with Crippen molar-refractivity contribution in [3.05, 3.63) is 58.3 Å². The van der Waals surface area contributed by atoms with Crippen LogP contribution in [-0.4, -0.2) is 76.7 Å². The van der Waals surface area contributed by atoms with Gasteiger partial charge in [-0.1, -0.05) is 23.2 Å². The second-order valence-corrected chi connectivity index (χ2v) is 10.3. The van der Waals surface area contributed by atoms with Crippen LogP contribution in [0.1, 0.15) is 43.0 Å². The van der Waals surface area contributed by atoms with Gasteiger partial charge in [0.25, 0.3) is 0 Å². The maximum atomic E-state index is 13.5. The number of carbonyl (C=O) groups excluding carboxylic acids is 1. The van der Waals surface area contributed by atoms with Gasteiger partial charge in [-0.2, -0.15) is 49.2 Å². The lowest BCUT2D eigenvalue weighted by Gasteiger charge is -2.28. The van der Waals surface area contributed by atoms with Crippen LogP contribution in [0.15, 0.2) is 51.4 Å². The summed E-state index contributed by atoms with van der Waals surface area (Å²) in [5, 5.41) is 17.0. The number of alkyl halides is 6. The van der Waals surface area contributed by atoms with Crippen molar-refractivity contribution in [1.82, 2.24) is 19.6 Å². The number of aldehydes is 1. The lowest BCUT2D eigenvalue weighted by atomic mass is 9.85. The second-order valence-electron chi connectivity index (χ2n) is 9.49. The van der Waals surface area contributed by atoms with E-state index in [1.54, 1.807) is 26.3 Å². The van der Waals surface area contributed by atoms with E-state index in [0.717, 1.165) is 35.6 Å². The van der Waals surface area contributed by atoms with Crippen molar-refractivity contribution in [2.24, 2.45) is 15.1 Å². The maximum absolute atomic E-state index is 13.5. The Labute approximate surface area is 287 Å². The van der Waals surface area contributed by atoms with E-state index in [9.17, 15) is 31.1 Å². The van der Waals surface area contributed by atoms with E-state index >= 15 is 0 Å². The van der Waals surface area contributed by atoms with Crippen molar-refractivity contribution < 1.29 is 31.1 Å². The van der Waals surface area contributed by atoms with Gasteiger partial charge in [0.2, 0.25) is 0 Å². The summed E-state index contributed by atoms with van der Waals surface area (Å²) < 4.78 is 79.5. The summed E-state index contributed by atoms with van der Waals surface area (Å²) in [7, 11) is 3.12. The lowest BCUT2D eigenvalue weighted by Crippen LogP contribution is -2.39. The minimum atomic E-state index is -4.53. The zero-order chi connectivity index (χ0) is 36.9. The molecule has 4 rings (SSSR count). The molecule has 3 heterocycles. The van der Waals surface area contributed by atoms with Crippen LogP contribution in [0.4, 0.5) is 37.8 Å². The fraction of sp³-hybridized carbons (Fsp3) is 0.357. The normalized spacial score (nSPS) is 17.6. The lowest BCUT2D eigenvalue weighted by molar-refractivity contribution is -0.187. The monoisotopic (exact) mass is 740 g/mol. The first kappa shape index (κ1) is 42.0. The number of fused-ring (bicyclic) bond motifs is 3. The Bertz CT molecular complexity index is 1660. The summed E-state index contributed by atoms with van der Waals surface area (Å²) in [6, 6.07) is 2.31. The molecule has 3 N–H and O–H groups in total. The highest BCUT2D eigenvalue weighted by molar-refractivity contribution is 7.79. The molecule has 0 fully saturated rings. The van der Waals surface area contributed by atoms with E-state index in [2.05, 4.69) is 60.2 Å². The largest absolute Gasteiger partial charge is 0.420 e. The fourth-order valence-electron chi connectivity index (χ4n) is 4.09. The van der Waals surface area contributed by atoms with Crippen LogP contribution in [0.25, 0.3) is 5.65 Å². The number of halogens is 8. The highest BCUT2D eigenvalue weighted by atomic mass is 35.5. The molecule has 1 aliphatic rings. The number of thiol groups is 1. The summed E-state index contributed by atoms with van der Waals surface area (Å²) in [5.74, 6) is -1.24. The molecule has 3 aromatic rings. The SMILES string of the molecule is C=N/C(C)=C/C(Cl)=NC.CNc1cnc(N/N=C\C=N)c(C(F)(F)F)c1.CS.C[C@@]1(C(F)(F)F)CC(C=O)c2cnc3cc(Cl)nn3c21. The number of aliphatic imine (C=N–C) groups is 2. The summed E-state index contributed by atoms with van der Waals surface area (Å²) in [4.78, 5) is 26.0. The van der Waals surface area contributed by atoms with Gasteiger partial charge in [0.05, 0.1) is 23.8 Å². The van der Waals surface area contributed by atoms with Crippen molar-refractivity contribution in [3.63, 3.8) is 0 Å². The summed E-state index contributed by atoms with van der Waals surface area (Å²) in [6.07, 6.45) is -1.10. The van der Waals surface area contributed by atoms with Gasteiger partial charge in [-0.3, -0.25) is 15.4 Å². The molecule has 48 heavy (non-hydrogen) atoms. The molecule has 0 aromatic carbocycles. The number of hydrazone groups is 1. The molecule has 0 saturated carbocycles. The highest BCUT2D eigenvalue weighted by Gasteiger charge is 2.59. The summed E-state index contributed by atoms with van der Waals surface area (Å²) in [5.41, 5.74) is 0.509. The molecule has 11 nitrogen and oxygen atoms in total. The molecule has 0 spiro atoms. The predicted molar refractivity (Wildman–Crippen MR) is 182 cm³/mol. The van der Waals surface area contributed by atoms with Crippen molar-refractivity contribution in [1.29, 1.82) is 5.41 Å². The smallest absolute Gasteiger partial charge is 0.387 e. The van der Waals surface area contributed by atoms with E-state index in [1.807, 2.05) is 0 Å². The van der Waals surface area contributed by atoms with Gasteiger partial charge in [-0.25, -0.2) is 14.5 Å². The zero-order valence-corrected chi connectivity index (χ0v) is 28.5. The summed E-state index contributed by atoms with van der Waals surface area (Å²) >= 11 is 14.8. The van der Waals surface area contributed by atoms with E-state index < -0.39 is 35.1 Å². The molecule has 1 unspecified atom stereocenters. The zero-order valence-electron chi connectivity index (χ0n) is 26.1. The molecule has 20 heteroatoms. The maximum Gasteiger partial charge on any atom is 0.420 e. The molecule has 1 aliphatic carbocycles. The van der Waals surface area contributed by atoms with Crippen LogP contribution in [0.5, 0.6) is 0 Å². The fourth-order valence-corrected chi connectivity index (χ4v) is 4.42. The number of rotatable bonds is 7. The Morgan fingerprint density at radius 1 is 1.21 bits per heavy atom. The molecule has 0 radical (unpaired) electrons. The molecule has 3 aromatic heterocycles. The third kappa shape index (κ3) is 10.7. The molecule has 0 aliphatic heterocycles. The Morgan fingerprint density at radius 2 is 1.85 bits per heavy atom. The number of nitrogens with zero attached hydrogens (tertiary/aromatic N) is 7. The number of allylic oxidation sites excluding steroid dienone is 2. The number of pyridine rings is 1. The standard InChI is InChI=1S/C12H9ClF3N3O.C9H10F3N5.C6H9ClN2.CH4S/c1-11(12(14,15)16)3-6(5-20)7-4-17-9-2-8(13)18-19(9)10(7)11;1-14-6-4-7(9(10,11)12)8(15-5-6)17-16-3-2-13;1-5(8-2)4-6(7)9-3;1-2/h2,4-6H,3H2,1H3;2-5,13-14H,1H3,(H,15,17);4H,2H2,1,3H3;2H,1H3/b;13-2?,16-3-;5-4+,9-6?;/t6?,11-;;;/m1.../s1. The van der Waals surface area contributed by atoms with Crippen molar-refractivity contribution in [3.8, 4) is 0 Å². The van der Waals surface area contributed by atoms with Gasteiger partial charge in [-0.15, -0.1) is 0 Å². The number of nitrogens with one attached hydrogen (secondary N) is 3. The van der Waals surface area contributed by atoms with Crippen LogP contribution in [0.3, 0.4) is 0 Å². The molecular weight excluding hydrogens is 709 g/mol. The highest BCUT2D eigenvalue weighted by Crippen LogP contribution is 2.53. The number of hydrogen-bond acceptors (Lipinski definition) is 11. The van der Waals surface area contributed by atoms with Crippen LogP contribution in [-0.2, 0) is 16.4 Å². The van der Waals surface area contributed by atoms with Crippen LogP contribution in [0, 0.1) is 5.41 Å². The molecular formula is C28H32Cl2F6N10OS. The minimum Gasteiger partial charge on any atom is -0.387 e. The van der Waals surface area contributed by atoms with Crippen LogP contribution in [0.2, 0.25) is 5.15 Å². The first-order chi connectivity index (χ1) is 22.5. The topological polar surface area (TPSA) is 145 Å². The Balaban J connectivity index is 0.000000375. The average Bonchev–Trinajstić information content (AvgIpc) is 3.58. The summed E-state index contributed by atoms with van der Waals surface area (Å²) in [6.45, 7) is 6.20. The average molecular weight is 742 g/mol. The number of carbonyl (C=O) groups is 1. The molecule has 262 valence electrons. The van der Waals surface area contributed by atoms with Gasteiger partial charge in [0.15, 0.2) is 16.6 Å². The molecule has 2 atom stereocenters. The van der Waals surface area contributed by atoms with Gasteiger partial charge >= 0.3 is 12.4 Å². The number of hydrogen-bond donors (Lipinski definition) is 4. The van der Waals surface area contributed by atoms with Crippen molar-refractivity contribution >= 4 is 83.6 Å². The van der Waals surface area contributed by atoms with E-state index in [-0.39, 0.29) is 34.2 Å². The Kier molecular flexibility index (Phi) is 16.2. The van der Waals surface area contributed by atoms with E-state index in [4.69, 9.17) is 28.6 Å². The second kappa shape index (κ2) is 18.5. The van der Waals surface area contributed by atoms with E-state index in [0.29, 0.717) is 11.5 Å². The van der Waals surface area contributed by atoms with Gasteiger partial charge < -0.3 is 15.5 Å². The molecule has 0 bridgehead atoms. The first-order valence-electron chi connectivity index (χ1n) is 13.3. The van der Waals surface area contributed by atoms with E-state index in [1.165, 1.54) is 25.5 Å². The molecule has 0 saturated heterocycles. The van der Waals surface area contributed by atoms with Gasteiger partial charge in [0, 0.05) is 49.8 Å². The van der Waals surface area contributed by atoms with Crippen molar-refractivity contribution in [2.45, 2.75) is 44.0 Å². The van der Waals surface area contributed by atoms with Crippen LogP contribution < -0.4 is 10.7 Å². The Morgan fingerprint density at radius 3 is 2.35 bits per heavy atom. The minimum absolute atomic E-state index is 0.0565. The quantitative estimate of drug-likeness (QED) is 0.0650. The van der Waals surface area contributed by atoms with Crippen LogP contribution >= 0.6 is 35.8 Å². The van der Waals surface area contributed by atoms with Crippen molar-refractivity contribution in [2.75, 3.05) is 31.1 Å². The van der Waals surface area contributed by atoms with Gasteiger partial charge in [0.1, 0.15) is 22.4 Å².